The summed E-state index contributed by atoms with van der Waals surface area (Å²) in [6, 6.07) is 0.696. The Hall–Kier alpha value is -0.120. The summed E-state index contributed by atoms with van der Waals surface area (Å²) in [5.74, 6) is 0. The van der Waals surface area contributed by atoms with Crippen LogP contribution in [0, 0.1) is 0 Å². The third-order valence-electron chi connectivity index (χ3n) is 2.91. The fraction of sp³-hybridized carbons (Fsp3) is 1.00. The Morgan fingerprint density at radius 3 is 2.15 bits per heavy atom. The molecule has 2 aliphatic heterocycles. The smallest absolute Gasteiger partial charge is 0.0817 e. The van der Waals surface area contributed by atoms with E-state index in [1.54, 1.807) is 0 Å². The Morgan fingerprint density at radius 2 is 1.69 bits per heavy atom. The minimum Gasteiger partial charge on any atom is -0.301 e. The van der Waals surface area contributed by atoms with Crippen molar-refractivity contribution in [1.82, 2.24) is 9.96 Å². The van der Waals surface area contributed by atoms with Gasteiger partial charge in [-0.2, -0.15) is 5.06 Å². The van der Waals surface area contributed by atoms with Crippen LogP contribution < -0.4 is 0 Å². The van der Waals surface area contributed by atoms with Gasteiger partial charge in [0.25, 0.3) is 0 Å². The Balaban J connectivity index is 1.69. The van der Waals surface area contributed by atoms with Crippen molar-refractivity contribution in [2.75, 3.05) is 26.2 Å². The number of hydrogen-bond acceptors (Lipinski definition) is 3. The van der Waals surface area contributed by atoms with Crippen molar-refractivity contribution < 1.29 is 4.84 Å². The van der Waals surface area contributed by atoms with Crippen LogP contribution in [0.2, 0.25) is 0 Å². The van der Waals surface area contributed by atoms with Gasteiger partial charge in [0.05, 0.1) is 6.10 Å². The zero-order valence-corrected chi connectivity index (χ0v) is 8.70. The van der Waals surface area contributed by atoms with Crippen LogP contribution in [0.3, 0.4) is 0 Å². The highest BCUT2D eigenvalue weighted by atomic mass is 16.7. The third kappa shape index (κ3) is 2.66. The largest absolute Gasteiger partial charge is 0.301 e. The van der Waals surface area contributed by atoms with Gasteiger partial charge in [-0.3, -0.25) is 4.84 Å². The van der Waals surface area contributed by atoms with E-state index in [9.17, 15) is 0 Å². The van der Waals surface area contributed by atoms with E-state index in [-0.39, 0.29) is 0 Å². The van der Waals surface area contributed by atoms with Crippen LogP contribution >= 0.6 is 0 Å². The molecular weight excluding hydrogens is 164 g/mol. The van der Waals surface area contributed by atoms with Crippen molar-refractivity contribution >= 4 is 0 Å². The van der Waals surface area contributed by atoms with Crippen LogP contribution in [0.15, 0.2) is 0 Å². The standard InChI is InChI=1S/C10H20N2O/c1-9(2)11-5-3-10(4-6-11)13-12-7-8-12/h9-10H,3-8H2,1-2H3. The predicted octanol–water partition coefficient (Wildman–Crippen LogP) is 1.11. The second-order valence-electron chi connectivity index (χ2n) is 4.36. The molecule has 0 amide bonds. The molecule has 0 unspecified atom stereocenters. The van der Waals surface area contributed by atoms with Gasteiger partial charge in [-0.15, -0.1) is 0 Å². The summed E-state index contributed by atoms with van der Waals surface area (Å²) in [4.78, 5) is 8.27. The SMILES string of the molecule is CC(C)N1CCC(ON2CC2)CC1. The maximum absolute atomic E-state index is 5.74. The number of likely N-dealkylation sites (tertiary alicyclic amines) is 1. The molecule has 0 aliphatic carbocycles. The summed E-state index contributed by atoms with van der Waals surface area (Å²) in [5.41, 5.74) is 0. The number of nitrogens with zero attached hydrogens (tertiary/aromatic N) is 2. The van der Waals surface area contributed by atoms with Gasteiger partial charge < -0.3 is 4.90 Å². The molecule has 13 heavy (non-hydrogen) atoms. The van der Waals surface area contributed by atoms with E-state index in [2.05, 4.69) is 23.8 Å². The summed E-state index contributed by atoms with van der Waals surface area (Å²) in [6.07, 6.45) is 2.90. The predicted molar refractivity (Wildman–Crippen MR) is 52.4 cm³/mol. The molecule has 2 heterocycles. The molecule has 3 nitrogen and oxygen atoms in total. The van der Waals surface area contributed by atoms with Gasteiger partial charge >= 0.3 is 0 Å². The van der Waals surface area contributed by atoms with Crippen molar-refractivity contribution in [1.29, 1.82) is 0 Å². The molecule has 0 N–H and O–H groups in total. The molecule has 0 radical (unpaired) electrons. The molecule has 0 spiro atoms. The molecule has 2 saturated heterocycles. The molecule has 0 aromatic carbocycles. The van der Waals surface area contributed by atoms with Crippen LogP contribution in [0.5, 0.6) is 0 Å². The first-order valence-electron chi connectivity index (χ1n) is 5.41. The minimum atomic E-state index is 0.498. The number of rotatable bonds is 3. The van der Waals surface area contributed by atoms with E-state index in [0.29, 0.717) is 12.1 Å². The fourth-order valence-electron chi connectivity index (χ4n) is 1.85. The van der Waals surface area contributed by atoms with E-state index >= 15 is 0 Å². The molecule has 76 valence electrons. The number of hydroxylamine groups is 2. The molecule has 0 aromatic heterocycles. The summed E-state index contributed by atoms with van der Waals surface area (Å²) in [6.45, 7) is 9.23. The van der Waals surface area contributed by atoms with Crippen molar-refractivity contribution in [3.63, 3.8) is 0 Å². The molecule has 2 rings (SSSR count). The Bertz CT molecular complexity index is 160. The molecule has 0 atom stereocenters. The first-order chi connectivity index (χ1) is 6.25. The highest BCUT2D eigenvalue weighted by molar-refractivity contribution is 4.75. The zero-order valence-electron chi connectivity index (χ0n) is 8.70. The highest BCUT2D eigenvalue weighted by Crippen LogP contribution is 2.19. The van der Waals surface area contributed by atoms with Crippen molar-refractivity contribution in [2.24, 2.45) is 0 Å². The molecule has 2 fully saturated rings. The van der Waals surface area contributed by atoms with Gasteiger partial charge in [-0.05, 0) is 26.7 Å². The average molecular weight is 184 g/mol. The van der Waals surface area contributed by atoms with Crippen molar-refractivity contribution in [3.05, 3.63) is 0 Å². The summed E-state index contributed by atoms with van der Waals surface area (Å²) in [7, 11) is 0. The van der Waals surface area contributed by atoms with Gasteiger partial charge in [-0.25, -0.2) is 0 Å². The fourth-order valence-corrected chi connectivity index (χ4v) is 1.85. The molecule has 2 aliphatic rings. The highest BCUT2D eigenvalue weighted by Gasteiger charge is 2.27. The minimum absolute atomic E-state index is 0.498. The Labute approximate surface area is 80.6 Å². The van der Waals surface area contributed by atoms with E-state index < -0.39 is 0 Å². The lowest BCUT2D eigenvalue weighted by atomic mass is 10.1. The van der Waals surface area contributed by atoms with Gasteiger partial charge in [0, 0.05) is 32.2 Å². The van der Waals surface area contributed by atoms with E-state index in [4.69, 9.17) is 4.84 Å². The zero-order chi connectivity index (χ0) is 9.26. The lowest BCUT2D eigenvalue weighted by Gasteiger charge is -2.34. The number of hydrogen-bond donors (Lipinski definition) is 0. The molecular formula is C10H20N2O. The second kappa shape index (κ2) is 3.95. The van der Waals surface area contributed by atoms with Gasteiger partial charge in [-0.1, -0.05) is 0 Å². The molecule has 0 aromatic rings. The summed E-state index contributed by atoms with van der Waals surface area (Å²) >= 11 is 0. The Kier molecular flexibility index (Phi) is 2.86. The normalized spacial score (nSPS) is 27.0. The summed E-state index contributed by atoms with van der Waals surface area (Å²) in [5, 5.41) is 2.07. The maximum atomic E-state index is 5.74. The quantitative estimate of drug-likeness (QED) is 0.611. The van der Waals surface area contributed by atoms with Crippen LogP contribution in [-0.2, 0) is 4.84 Å². The lowest BCUT2D eigenvalue weighted by molar-refractivity contribution is -0.135. The van der Waals surface area contributed by atoms with Crippen LogP contribution in [0.1, 0.15) is 26.7 Å². The van der Waals surface area contributed by atoms with Gasteiger partial charge in [0.15, 0.2) is 0 Å². The first-order valence-corrected chi connectivity index (χ1v) is 5.41. The van der Waals surface area contributed by atoms with Gasteiger partial charge in [0.2, 0.25) is 0 Å². The Morgan fingerprint density at radius 1 is 1.08 bits per heavy atom. The third-order valence-corrected chi connectivity index (χ3v) is 2.91. The lowest BCUT2D eigenvalue weighted by Crippen LogP contribution is -2.41. The van der Waals surface area contributed by atoms with E-state index in [1.807, 2.05) is 0 Å². The monoisotopic (exact) mass is 184 g/mol. The van der Waals surface area contributed by atoms with Crippen molar-refractivity contribution in [2.45, 2.75) is 38.8 Å². The molecule has 0 saturated carbocycles. The van der Waals surface area contributed by atoms with E-state index in [0.717, 1.165) is 13.1 Å². The second-order valence-corrected chi connectivity index (χ2v) is 4.36. The molecule has 3 heteroatoms. The average Bonchev–Trinajstić information content (AvgIpc) is 2.89. The topological polar surface area (TPSA) is 15.5 Å². The number of piperidine rings is 1. The van der Waals surface area contributed by atoms with Crippen molar-refractivity contribution in [3.8, 4) is 0 Å². The summed E-state index contributed by atoms with van der Waals surface area (Å²) < 4.78 is 0. The van der Waals surface area contributed by atoms with Crippen LogP contribution in [0.4, 0.5) is 0 Å². The van der Waals surface area contributed by atoms with Crippen LogP contribution in [-0.4, -0.2) is 48.3 Å². The molecule has 0 bridgehead atoms. The first kappa shape index (κ1) is 9.44. The van der Waals surface area contributed by atoms with Crippen LogP contribution in [0.25, 0.3) is 0 Å². The van der Waals surface area contributed by atoms with E-state index in [1.165, 1.54) is 25.9 Å². The van der Waals surface area contributed by atoms with Gasteiger partial charge in [0.1, 0.15) is 0 Å². The maximum Gasteiger partial charge on any atom is 0.0817 e.